The number of para-hydroxylation sites is 1. The molecule has 2 nitrogen and oxygen atoms in total. The van der Waals surface area contributed by atoms with Crippen molar-refractivity contribution in [2.45, 2.75) is 18.9 Å². The molecule has 0 radical (unpaired) electrons. The Balaban J connectivity index is 2.03. The Morgan fingerprint density at radius 2 is 2.06 bits per heavy atom. The molecule has 0 amide bonds. The molecule has 1 aromatic carbocycles. The molecule has 0 aliphatic heterocycles. The lowest BCUT2D eigenvalue weighted by molar-refractivity contribution is 0.408. The fraction of sp³-hybridized carbons (Fsp3) is 0.286. The Kier molecular flexibility index (Phi) is 4.80. The zero-order valence-electron chi connectivity index (χ0n) is 10.2. The van der Waals surface area contributed by atoms with E-state index in [1.165, 1.54) is 10.4 Å². The molecule has 2 aromatic rings. The molecule has 2 rings (SSSR count). The highest BCUT2D eigenvalue weighted by molar-refractivity contribution is 9.10. The minimum atomic E-state index is 0.108. The normalized spacial score (nSPS) is 12.4. The molecule has 0 saturated heterocycles. The number of hydrogen-bond donors (Lipinski definition) is 1. The molecular formula is C14H16BrNOS. The van der Waals surface area contributed by atoms with Crippen molar-refractivity contribution in [2.24, 2.45) is 5.73 Å². The van der Waals surface area contributed by atoms with Gasteiger partial charge in [-0.3, -0.25) is 0 Å². The zero-order valence-corrected chi connectivity index (χ0v) is 12.6. The molecule has 18 heavy (non-hydrogen) atoms. The van der Waals surface area contributed by atoms with Gasteiger partial charge in [0.25, 0.3) is 0 Å². The van der Waals surface area contributed by atoms with E-state index in [1.807, 2.05) is 18.2 Å². The van der Waals surface area contributed by atoms with E-state index < -0.39 is 0 Å². The van der Waals surface area contributed by atoms with Gasteiger partial charge in [0, 0.05) is 15.4 Å². The topological polar surface area (TPSA) is 35.2 Å². The molecule has 0 spiro atoms. The van der Waals surface area contributed by atoms with Crippen LogP contribution in [0.1, 0.15) is 10.4 Å². The third-order valence-corrected chi connectivity index (χ3v) is 4.76. The second-order valence-corrected chi connectivity index (χ2v) is 6.03. The van der Waals surface area contributed by atoms with Crippen molar-refractivity contribution in [1.82, 2.24) is 0 Å². The van der Waals surface area contributed by atoms with Crippen LogP contribution in [0.2, 0.25) is 0 Å². The number of thiophene rings is 1. The highest BCUT2D eigenvalue weighted by Gasteiger charge is 2.11. The predicted molar refractivity (Wildman–Crippen MR) is 80.4 cm³/mol. The van der Waals surface area contributed by atoms with Gasteiger partial charge in [0.2, 0.25) is 0 Å². The smallest absolute Gasteiger partial charge is 0.122 e. The van der Waals surface area contributed by atoms with Crippen molar-refractivity contribution >= 4 is 27.3 Å². The van der Waals surface area contributed by atoms with Gasteiger partial charge in [0.05, 0.1) is 7.11 Å². The molecule has 1 aromatic heterocycles. The number of methoxy groups -OCH3 is 1. The standard InChI is InChI=1S/C14H16BrNOS/c1-17-13-5-3-2-4-10(13)8-11(16)9-14-12(15)6-7-18-14/h2-7,11H,8-9,16H2,1H3. The van der Waals surface area contributed by atoms with Crippen molar-refractivity contribution < 1.29 is 4.74 Å². The average molecular weight is 326 g/mol. The Labute approximate surface area is 120 Å². The van der Waals surface area contributed by atoms with Crippen molar-refractivity contribution in [1.29, 1.82) is 0 Å². The number of nitrogens with two attached hydrogens (primary N) is 1. The van der Waals surface area contributed by atoms with E-state index in [4.69, 9.17) is 10.5 Å². The first-order valence-corrected chi connectivity index (χ1v) is 7.47. The van der Waals surface area contributed by atoms with Crippen LogP contribution in [-0.4, -0.2) is 13.2 Å². The third kappa shape index (κ3) is 3.34. The molecule has 1 unspecified atom stereocenters. The minimum Gasteiger partial charge on any atom is -0.496 e. The third-order valence-electron chi connectivity index (χ3n) is 2.81. The Morgan fingerprint density at radius 1 is 1.28 bits per heavy atom. The van der Waals surface area contributed by atoms with E-state index in [1.54, 1.807) is 18.4 Å². The first-order chi connectivity index (χ1) is 8.70. The molecular weight excluding hydrogens is 310 g/mol. The molecule has 0 fully saturated rings. The zero-order chi connectivity index (χ0) is 13.0. The minimum absolute atomic E-state index is 0.108. The van der Waals surface area contributed by atoms with Crippen LogP contribution in [0.4, 0.5) is 0 Å². The quantitative estimate of drug-likeness (QED) is 0.911. The summed E-state index contributed by atoms with van der Waals surface area (Å²) >= 11 is 5.28. The summed E-state index contributed by atoms with van der Waals surface area (Å²) in [5.74, 6) is 0.915. The van der Waals surface area contributed by atoms with E-state index in [9.17, 15) is 0 Å². The van der Waals surface area contributed by atoms with E-state index in [-0.39, 0.29) is 6.04 Å². The summed E-state index contributed by atoms with van der Waals surface area (Å²) < 4.78 is 6.50. The van der Waals surface area contributed by atoms with E-state index in [0.29, 0.717) is 0 Å². The molecule has 2 N–H and O–H groups in total. The SMILES string of the molecule is COc1ccccc1CC(N)Cc1sccc1Br. The highest BCUT2D eigenvalue weighted by Crippen LogP contribution is 2.25. The van der Waals surface area contributed by atoms with Gasteiger partial charge < -0.3 is 10.5 Å². The lowest BCUT2D eigenvalue weighted by Gasteiger charge is -2.13. The van der Waals surface area contributed by atoms with Crippen LogP contribution in [-0.2, 0) is 12.8 Å². The van der Waals surface area contributed by atoms with Gasteiger partial charge in [-0.1, -0.05) is 18.2 Å². The first-order valence-electron chi connectivity index (χ1n) is 5.80. The molecule has 0 bridgehead atoms. The Bertz CT molecular complexity index is 512. The molecule has 0 aliphatic carbocycles. The molecule has 1 atom stereocenters. The summed E-state index contributed by atoms with van der Waals surface area (Å²) in [4.78, 5) is 1.30. The summed E-state index contributed by atoms with van der Waals surface area (Å²) in [5, 5.41) is 2.08. The van der Waals surface area contributed by atoms with Crippen molar-refractivity contribution in [3.05, 3.63) is 50.6 Å². The van der Waals surface area contributed by atoms with E-state index in [2.05, 4.69) is 33.4 Å². The van der Waals surface area contributed by atoms with Crippen molar-refractivity contribution in [3.8, 4) is 5.75 Å². The van der Waals surface area contributed by atoms with Gasteiger partial charge in [0.1, 0.15) is 5.75 Å². The van der Waals surface area contributed by atoms with Crippen LogP contribution in [0, 0.1) is 0 Å². The predicted octanol–water partition coefficient (Wildman–Crippen LogP) is 3.63. The summed E-state index contributed by atoms with van der Waals surface area (Å²) in [5.41, 5.74) is 7.39. The fourth-order valence-electron chi connectivity index (χ4n) is 1.94. The van der Waals surface area contributed by atoms with Crippen LogP contribution in [0.25, 0.3) is 0 Å². The number of rotatable bonds is 5. The van der Waals surface area contributed by atoms with Gasteiger partial charge in [-0.25, -0.2) is 0 Å². The number of benzene rings is 1. The maximum atomic E-state index is 6.22. The summed E-state index contributed by atoms with van der Waals surface area (Å²) in [6, 6.07) is 10.2. The lowest BCUT2D eigenvalue weighted by atomic mass is 10.0. The van der Waals surface area contributed by atoms with Crippen LogP contribution >= 0.6 is 27.3 Å². The second-order valence-electron chi connectivity index (χ2n) is 4.17. The number of halogens is 1. The monoisotopic (exact) mass is 325 g/mol. The average Bonchev–Trinajstić information content (AvgIpc) is 2.75. The molecule has 4 heteroatoms. The maximum Gasteiger partial charge on any atom is 0.122 e. The van der Waals surface area contributed by atoms with Gasteiger partial charge in [0.15, 0.2) is 0 Å². The highest BCUT2D eigenvalue weighted by atomic mass is 79.9. The van der Waals surface area contributed by atoms with Crippen LogP contribution in [0.3, 0.4) is 0 Å². The largest absolute Gasteiger partial charge is 0.496 e. The number of ether oxygens (including phenoxy) is 1. The van der Waals surface area contributed by atoms with Crippen molar-refractivity contribution in [2.75, 3.05) is 7.11 Å². The fourth-order valence-corrected chi connectivity index (χ4v) is 3.54. The first kappa shape index (κ1) is 13.6. The van der Waals surface area contributed by atoms with Crippen LogP contribution in [0.15, 0.2) is 40.2 Å². The summed E-state index contributed by atoms with van der Waals surface area (Å²) in [6.45, 7) is 0. The summed E-state index contributed by atoms with van der Waals surface area (Å²) in [7, 11) is 1.69. The van der Waals surface area contributed by atoms with Crippen LogP contribution < -0.4 is 10.5 Å². The van der Waals surface area contributed by atoms with Crippen molar-refractivity contribution in [3.63, 3.8) is 0 Å². The number of hydrogen-bond acceptors (Lipinski definition) is 3. The van der Waals surface area contributed by atoms with E-state index in [0.717, 1.165) is 23.1 Å². The maximum absolute atomic E-state index is 6.22. The molecule has 0 saturated carbocycles. The van der Waals surface area contributed by atoms with Crippen LogP contribution in [0.5, 0.6) is 5.75 Å². The van der Waals surface area contributed by atoms with Gasteiger partial charge in [-0.15, -0.1) is 11.3 Å². The molecule has 96 valence electrons. The Morgan fingerprint density at radius 3 is 2.72 bits per heavy atom. The van der Waals surface area contributed by atoms with Gasteiger partial charge in [-0.05, 0) is 51.8 Å². The second kappa shape index (κ2) is 6.36. The van der Waals surface area contributed by atoms with E-state index >= 15 is 0 Å². The van der Waals surface area contributed by atoms with Gasteiger partial charge >= 0.3 is 0 Å². The van der Waals surface area contributed by atoms with Gasteiger partial charge in [-0.2, -0.15) is 0 Å². The Hall–Kier alpha value is -0.840. The molecule has 0 aliphatic rings. The lowest BCUT2D eigenvalue weighted by Crippen LogP contribution is -2.25. The summed E-state index contributed by atoms with van der Waals surface area (Å²) in [6.07, 6.45) is 1.71. The molecule has 1 heterocycles.